The van der Waals surface area contributed by atoms with Gasteiger partial charge >= 0.3 is 11.7 Å². The van der Waals surface area contributed by atoms with Gasteiger partial charge in [0.15, 0.2) is 0 Å². The Hall–Kier alpha value is -2.34. The van der Waals surface area contributed by atoms with Crippen molar-refractivity contribution in [2.24, 2.45) is 0 Å². The third-order valence-corrected chi connectivity index (χ3v) is 2.91. The zero-order valence-electron chi connectivity index (χ0n) is 9.59. The molecule has 0 bridgehead atoms. The van der Waals surface area contributed by atoms with Gasteiger partial charge in [0, 0.05) is 11.2 Å². The van der Waals surface area contributed by atoms with Crippen molar-refractivity contribution in [1.82, 2.24) is 9.55 Å². The maximum atomic E-state index is 11.6. The number of carboxylic acid groups (broad SMARTS) is 1. The van der Waals surface area contributed by atoms with Crippen molar-refractivity contribution in [3.8, 4) is 0 Å². The number of benzene rings is 1. The van der Waals surface area contributed by atoms with Crippen LogP contribution in [0.3, 0.4) is 0 Å². The number of halogens is 1. The number of aromatic amines is 1. The molecular weight excluding hydrogens is 272 g/mol. The molecule has 0 spiro atoms. The van der Waals surface area contributed by atoms with E-state index in [1.54, 1.807) is 24.3 Å². The second-order valence-corrected chi connectivity index (χ2v) is 4.23. The summed E-state index contributed by atoms with van der Waals surface area (Å²) in [5.74, 6) is -1.39. The highest BCUT2D eigenvalue weighted by molar-refractivity contribution is 6.31. The Kier molecular flexibility index (Phi) is 3.52. The first kappa shape index (κ1) is 13.1. The summed E-state index contributed by atoms with van der Waals surface area (Å²) in [6, 6.07) is 6.85. The molecule has 2 aromatic rings. The fourth-order valence-corrected chi connectivity index (χ4v) is 1.78. The van der Waals surface area contributed by atoms with E-state index in [0.29, 0.717) is 10.6 Å². The van der Waals surface area contributed by atoms with Crippen LogP contribution in [0, 0.1) is 0 Å². The topological polar surface area (TPSA) is 92.2 Å². The molecule has 0 radical (unpaired) electrons. The predicted molar refractivity (Wildman–Crippen MR) is 68.8 cm³/mol. The van der Waals surface area contributed by atoms with Gasteiger partial charge in [-0.3, -0.25) is 14.3 Å². The lowest BCUT2D eigenvalue weighted by Crippen LogP contribution is -2.33. The summed E-state index contributed by atoms with van der Waals surface area (Å²) in [5, 5.41) is 9.30. The van der Waals surface area contributed by atoms with Crippen molar-refractivity contribution < 1.29 is 9.90 Å². The van der Waals surface area contributed by atoms with E-state index in [1.807, 2.05) is 4.98 Å². The van der Waals surface area contributed by atoms with Crippen LogP contribution < -0.4 is 11.2 Å². The minimum Gasteiger partial charge on any atom is -0.477 e. The number of nitrogens with zero attached hydrogens (tertiary/aromatic N) is 1. The van der Waals surface area contributed by atoms with E-state index in [2.05, 4.69) is 0 Å². The van der Waals surface area contributed by atoms with Crippen molar-refractivity contribution >= 4 is 17.6 Å². The Morgan fingerprint density at radius 2 is 2.00 bits per heavy atom. The first-order chi connectivity index (χ1) is 8.99. The second-order valence-electron chi connectivity index (χ2n) is 3.83. The standard InChI is InChI=1S/C12H9ClN2O4/c13-9-4-2-1-3-7(9)5-15-6-8(11(17)18)10(16)14-12(15)19/h1-4,6H,5H2,(H,17,18)(H,14,16,19). The Morgan fingerprint density at radius 1 is 1.32 bits per heavy atom. The van der Waals surface area contributed by atoms with Gasteiger partial charge in [-0.2, -0.15) is 0 Å². The number of carboxylic acids is 1. The molecule has 6 nitrogen and oxygen atoms in total. The largest absolute Gasteiger partial charge is 0.477 e. The number of H-pyrrole nitrogens is 1. The number of carbonyl (C=O) groups is 1. The first-order valence-electron chi connectivity index (χ1n) is 5.29. The summed E-state index contributed by atoms with van der Waals surface area (Å²) in [6.07, 6.45) is 1.01. The van der Waals surface area contributed by atoms with E-state index in [1.165, 1.54) is 0 Å². The summed E-state index contributed by atoms with van der Waals surface area (Å²) >= 11 is 5.96. The van der Waals surface area contributed by atoms with E-state index in [0.717, 1.165) is 10.8 Å². The fourth-order valence-electron chi connectivity index (χ4n) is 1.59. The Labute approximate surface area is 111 Å². The van der Waals surface area contributed by atoms with Gasteiger partial charge < -0.3 is 5.11 Å². The van der Waals surface area contributed by atoms with Gasteiger partial charge in [0.25, 0.3) is 5.56 Å². The molecule has 2 N–H and O–H groups in total. The van der Waals surface area contributed by atoms with Gasteiger partial charge in [-0.05, 0) is 11.6 Å². The van der Waals surface area contributed by atoms with Crippen molar-refractivity contribution in [3.05, 3.63) is 67.4 Å². The lowest BCUT2D eigenvalue weighted by molar-refractivity contribution is 0.0693. The SMILES string of the molecule is O=C(O)c1cn(Cc2ccccc2Cl)c(=O)[nH]c1=O. The van der Waals surface area contributed by atoms with Crippen LogP contribution in [0.5, 0.6) is 0 Å². The van der Waals surface area contributed by atoms with Crippen LogP contribution in [-0.4, -0.2) is 20.6 Å². The molecular formula is C12H9ClN2O4. The molecule has 7 heteroatoms. The van der Waals surface area contributed by atoms with Gasteiger partial charge in [-0.15, -0.1) is 0 Å². The van der Waals surface area contributed by atoms with E-state index >= 15 is 0 Å². The molecule has 2 rings (SSSR count). The Balaban J connectivity index is 2.49. The van der Waals surface area contributed by atoms with Gasteiger partial charge in [0.2, 0.25) is 0 Å². The summed E-state index contributed by atoms with van der Waals surface area (Å²) in [7, 11) is 0. The van der Waals surface area contributed by atoms with Crippen LogP contribution >= 0.6 is 11.6 Å². The van der Waals surface area contributed by atoms with Crippen molar-refractivity contribution in [2.45, 2.75) is 6.54 Å². The van der Waals surface area contributed by atoms with Gasteiger partial charge in [-0.25, -0.2) is 9.59 Å². The van der Waals surface area contributed by atoms with Crippen LogP contribution in [0.15, 0.2) is 40.1 Å². The Morgan fingerprint density at radius 3 is 2.63 bits per heavy atom. The molecule has 0 aliphatic carbocycles. The van der Waals surface area contributed by atoms with Gasteiger partial charge in [-0.1, -0.05) is 29.8 Å². The van der Waals surface area contributed by atoms with E-state index in [9.17, 15) is 14.4 Å². The zero-order chi connectivity index (χ0) is 14.0. The van der Waals surface area contributed by atoms with Crippen LogP contribution in [0.4, 0.5) is 0 Å². The third-order valence-electron chi connectivity index (χ3n) is 2.54. The first-order valence-corrected chi connectivity index (χ1v) is 5.67. The number of aromatic nitrogens is 2. The molecule has 1 aromatic carbocycles. The summed E-state index contributed by atoms with van der Waals surface area (Å²) in [4.78, 5) is 35.7. The number of nitrogens with one attached hydrogen (secondary N) is 1. The maximum Gasteiger partial charge on any atom is 0.342 e. The minimum absolute atomic E-state index is 0.0789. The lowest BCUT2D eigenvalue weighted by atomic mass is 10.2. The molecule has 0 amide bonds. The molecule has 1 heterocycles. The molecule has 0 fully saturated rings. The molecule has 0 aliphatic rings. The molecule has 0 unspecified atom stereocenters. The highest BCUT2D eigenvalue weighted by Crippen LogP contribution is 2.15. The monoisotopic (exact) mass is 280 g/mol. The smallest absolute Gasteiger partial charge is 0.342 e. The highest BCUT2D eigenvalue weighted by Gasteiger charge is 2.12. The normalized spacial score (nSPS) is 10.4. The lowest BCUT2D eigenvalue weighted by Gasteiger charge is -2.07. The van der Waals surface area contributed by atoms with E-state index in [-0.39, 0.29) is 6.54 Å². The fraction of sp³-hybridized carbons (Fsp3) is 0.0833. The quantitative estimate of drug-likeness (QED) is 0.875. The highest BCUT2D eigenvalue weighted by atomic mass is 35.5. The second kappa shape index (κ2) is 5.11. The number of hydrogen-bond donors (Lipinski definition) is 2. The van der Waals surface area contributed by atoms with Crippen LogP contribution in [-0.2, 0) is 6.54 Å². The summed E-state index contributed by atoms with van der Waals surface area (Å²) in [6.45, 7) is 0.0789. The van der Waals surface area contributed by atoms with E-state index < -0.39 is 22.8 Å². The molecule has 98 valence electrons. The third kappa shape index (κ3) is 2.74. The summed E-state index contributed by atoms with van der Waals surface area (Å²) in [5.41, 5.74) is -1.45. The number of rotatable bonds is 3. The summed E-state index contributed by atoms with van der Waals surface area (Å²) < 4.78 is 1.09. The molecule has 0 aliphatic heterocycles. The molecule has 0 saturated carbocycles. The van der Waals surface area contributed by atoms with Gasteiger partial charge in [0.05, 0.1) is 6.54 Å². The molecule has 0 atom stereocenters. The number of aromatic carboxylic acids is 1. The molecule has 19 heavy (non-hydrogen) atoms. The number of hydrogen-bond acceptors (Lipinski definition) is 3. The van der Waals surface area contributed by atoms with E-state index in [4.69, 9.17) is 16.7 Å². The molecule has 0 saturated heterocycles. The minimum atomic E-state index is -1.39. The van der Waals surface area contributed by atoms with Crippen molar-refractivity contribution in [2.75, 3.05) is 0 Å². The molecule has 1 aromatic heterocycles. The predicted octanol–water partition coefficient (Wildman–Crippen LogP) is 0.936. The maximum absolute atomic E-state index is 11.6. The average molecular weight is 281 g/mol. The van der Waals surface area contributed by atoms with Crippen molar-refractivity contribution in [3.63, 3.8) is 0 Å². The zero-order valence-corrected chi connectivity index (χ0v) is 10.3. The Bertz CT molecular complexity index is 748. The van der Waals surface area contributed by atoms with Crippen LogP contribution in [0.1, 0.15) is 15.9 Å². The van der Waals surface area contributed by atoms with Gasteiger partial charge in [0.1, 0.15) is 5.56 Å². The van der Waals surface area contributed by atoms with Crippen LogP contribution in [0.2, 0.25) is 5.02 Å². The van der Waals surface area contributed by atoms with Crippen molar-refractivity contribution in [1.29, 1.82) is 0 Å². The average Bonchev–Trinajstić information content (AvgIpc) is 2.34. The van der Waals surface area contributed by atoms with Crippen LogP contribution in [0.25, 0.3) is 0 Å².